The van der Waals surface area contributed by atoms with Gasteiger partial charge < -0.3 is 19.4 Å². The second-order valence-corrected chi connectivity index (χ2v) is 10.7. The van der Waals surface area contributed by atoms with Crippen LogP contribution in [0.1, 0.15) is 45.1 Å². The van der Waals surface area contributed by atoms with Crippen LogP contribution in [-0.2, 0) is 16.1 Å². The summed E-state index contributed by atoms with van der Waals surface area (Å²) in [4.78, 5) is 29.7. The zero-order valence-electron chi connectivity index (χ0n) is 23.1. The van der Waals surface area contributed by atoms with Gasteiger partial charge in [-0.1, -0.05) is 30.3 Å². The number of halogens is 3. The third-order valence-corrected chi connectivity index (χ3v) is 7.94. The molecule has 2 aliphatic heterocycles. The number of ether oxygens (including phenoxy) is 1. The predicted octanol–water partition coefficient (Wildman–Crippen LogP) is 4.22. The predicted molar refractivity (Wildman–Crippen MR) is 145 cm³/mol. The first-order chi connectivity index (χ1) is 19.6. The van der Waals surface area contributed by atoms with Crippen molar-refractivity contribution >= 4 is 17.6 Å². The van der Waals surface area contributed by atoms with Crippen molar-refractivity contribution in [1.82, 2.24) is 19.6 Å². The van der Waals surface area contributed by atoms with E-state index in [1.807, 2.05) is 35.2 Å². The van der Waals surface area contributed by atoms with E-state index in [-0.39, 0.29) is 36.7 Å². The Kier molecular flexibility index (Phi) is 8.50. The van der Waals surface area contributed by atoms with E-state index >= 15 is 0 Å². The topological polar surface area (TPSA) is 92.8 Å². The van der Waals surface area contributed by atoms with Crippen LogP contribution in [0.15, 0.2) is 47.3 Å². The smallest absolute Gasteiger partial charge is 0.394 e. The summed E-state index contributed by atoms with van der Waals surface area (Å²) in [6.45, 7) is 5.69. The number of piperidine rings is 1. The zero-order valence-corrected chi connectivity index (χ0v) is 23.1. The number of carbonyl (C=O) groups is 2. The lowest BCUT2D eigenvalue weighted by Gasteiger charge is -2.40. The van der Waals surface area contributed by atoms with Gasteiger partial charge in [-0.15, -0.1) is 0 Å². The maximum absolute atomic E-state index is 14.5. The summed E-state index contributed by atoms with van der Waals surface area (Å²) in [5.74, 6) is -3.32. The van der Waals surface area contributed by atoms with Gasteiger partial charge in [0.15, 0.2) is 0 Å². The summed E-state index contributed by atoms with van der Waals surface area (Å²) < 4.78 is 55.2. The number of likely N-dealkylation sites (tertiary alicyclic amines) is 1. The average molecular weight is 574 g/mol. The van der Waals surface area contributed by atoms with Crippen LogP contribution in [-0.4, -0.2) is 83.5 Å². The van der Waals surface area contributed by atoms with E-state index in [1.165, 1.54) is 17.4 Å². The Hall–Kier alpha value is -3.64. The fourth-order valence-electron chi connectivity index (χ4n) is 5.58. The number of alkyl halides is 3. The normalized spacial score (nSPS) is 20.3. The lowest BCUT2D eigenvalue weighted by Crippen LogP contribution is -2.51. The standard InChI is InChI=1S/C29H34F3N5O4/c1-19-17-41-18-23(19)28(39)37-27(33-14-21-6-4-3-5-7-21)20(2)26(34-37)22-8-9-36(15-24(22)29(30,31)32)25(38)16-35-10-12-40-13-11-35/h3-7,17-18,22,24,33H,8-16H2,1-2H3. The third kappa shape index (κ3) is 6.33. The van der Waals surface area contributed by atoms with Crippen molar-refractivity contribution in [3.05, 3.63) is 70.8 Å². The number of benzene rings is 1. The van der Waals surface area contributed by atoms with E-state index in [1.54, 1.807) is 13.8 Å². The van der Waals surface area contributed by atoms with Crippen molar-refractivity contribution in [2.24, 2.45) is 5.92 Å². The summed E-state index contributed by atoms with van der Waals surface area (Å²) in [5.41, 5.74) is 2.49. The molecule has 2 unspecified atom stereocenters. The minimum absolute atomic E-state index is 0.0678. The number of carbonyl (C=O) groups excluding carboxylic acids is 2. The van der Waals surface area contributed by atoms with Crippen molar-refractivity contribution in [1.29, 1.82) is 0 Å². The van der Waals surface area contributed by atoms with Gasteiger partial charge in [-0.2, -0.15) is 23.0 Å². The van der Waals surface area contributed by atoms with Gasteiger partial charge in [-0.3, -0.25) is 14.5 Å². The highest BCUT2D eigenvalue weighted by atomic mass is 19.4. The number of anilines is 1. The van der Waals surface area contributed by atoms with E-state index < -0.39 is 30.5 Å². The number of furan rings is 1. The van der Waals surface area contributed by atoms with Gasteiger partial charge in [0, 0.05) is 49.8 Å². The number of nitrogens with one attached hydrogen (secondary N) is 1. The van der Waals surface area contributed by atoms with Crippen molar-refractivity contribution in [3.63, 3.8) is 0 Å². The molecule has 4 heterocycles. The van der Waals surface area contributed by atoms with Crippen molar-refractivity contribution in [3.8, 4) is 0 Å². The minimum atomic E-state index is -4.57. The van der Waals surface area contributed by atoms with Crippen LogP contribution >= 0.6 is 0 Å². The molecule has 1 aromatic carbocycles. The number of amides is 1. The van der Waals surface area contributed by atoms with E-state index in [0.717, 1.165) is 10.2 Å². The lowest BCUT2D eigenvalue weighted by molar-refractivity contribution is -0.194. The molecule has 2 fully saturated rings. The highest BCUT2D eigenvalue weighted by Gasteiger charge is 2.50. The van der Waals surface area contributed by atoms with Crippen molar-refractivity contribution in [2.45, 2.75) is 38.9 Å². The van der Waals surface area contributed by atoms with Gasteiger partial charge in [0.25, 0.3) is 5.91 Å². The molecule has 1 amide bonds. The molecule has 1 N–H and O–H groups in total. The minimum Gasteiger partial charge on any atom is -0.471 e. The highest BCUT2D eigenvalue weighted by Crippen LogP contribution is 2.44. The van der Waals surface area contributed by atoms with Crippen LogP contribution in [0.5, 0.6) is 0 Å². The fraction of sp³-hybridized carbons (Fsp3) is 0.483. The maximum atomic E-state index is 14.5. The molecule has 9 nitrogen and oxygen atoms in total. The molecule has 41 heavy (non-hydrogen) atoms. The molecule has 0 bridgehead atoms. The summed E-state index contributed by atoms with van der Waals surface area (Å²) >= 11 is 0. The van der Waals surface area contributed by atoms with Crippen molar-refractivity contribution < 1.29 is 31.9 Å². The molecule has 0 saturated carbocycles. The number of hydrogen-bond donors (Lipinski definition) is 1. The average Bonchev–Trinajstić information content (AvgIpc) is 3.54. The molecule has 2 aliphatic rings. The Morgan fingerprint density at radius 2 is 1.80 bits per heavy atom. The van der Waals surface area contributed by atoms with Crippen LogP contribution in [0.25, 0.3) is 0 Å². The summed E-state index contributed by atoms with van der Waals surface area (Å²) in [5, 5.41) is 7.74. The first-order valence-electron chi connectivity index (χ1n) is 13.7. The van der Waals surface area contributed by atoms with E-state index in [0.29, 0.717) is 49.8 Å². The quantitative estimate of drug-likeness (QED) is 0.453. The Bertz CT molecular complexity index is 1360. The molecule has 2 atom stereocenters. The number of rotatable bonds is 7. The largest absolute Gasteiger partial charge is 0.471 e. The zero-order chi connectivity index (χ0) is 29.1. The molecular weight excluding hydrogens is 539 g/mol. The molecule has 12 heteroatoms. The molecule has 2 aromatic heterocycles. The summed E-state index contributed by atoms with van der Waals surface area (Å²) in [6, 6.07) is 9.48. The Morgan fingerprint density at radius 1 is 1.07 bits per heavy atom. The fourth-order valence-corrected chi connectivity index (χ4v) is 5.58. The van der Waals surface area contributed by atoms with Crippen LogP contribution < -0.4 is 5.32 Å². The van der Waals surface area contributed by atoms with Gasteiger partial charge in [-0.05, 0) is 25.8 Å². The number of aryl methyl sites for hydroxylation is 1. The molecule has 0 spiro atoms. The number of hydrogen-bond acceptors (Lipinski definition) is 7. The van der Waals surface area contributed by atoms with Gasteiger partial charge in [-0.25, -0.2) is 0 Å². The molecule has 5 rings (SSSR count). The van der Waals surface area contributed by atoms with Crippen LogP contribution in [0, 0.1) is 19.8 Å². The highest BCUT2D eigenvalue weighted by molar-refractivity contribution is 5.98. The van der Waals surface area contributed by atoms with Crippen LogP contribution in [0.4, 0.5) is 19.0 Å². The SMILES string of the molecule is Cc1cocc1C(=O)n1nc(C2CCN(C(=O)CN3CCOCC3)CC2C(F)(F)F)c(C)c1NCc1ccccc1. The van der Waals surface area contributed by atoms with Gasteiger partial charge in [0.05, 0.1) is 43.2 Å². The molecule has 220 valence electrons. The van der Waals surface area contributed by atoms with Crippen molar-refractivity contribution in [2.75, 3.05) is 51.3 Å². The Balaban J connectivity index is 1.44. The lowest BCUT2D eigenvalue weighted by atomic mass is 9.81. The molecule has 2 saturated heterocycles. The Morgan fingerprint density at radius 3 is 2.46 bits per heavy atom. The van der Waals surface area contributed by atoms with Gasteiger partial charge in [0.2, 0.25) is 5.91 Å². The number of morpholine rings is 1. The first kappa shape index (κ1) is 28.9. The number of aromatic nitrogens is 2. The summed E-state index contributed by atoms with van der Waals surface area (Å²) in [6.07, 6.45) is -1.74. The molecule has 0 radical (unpaired) electrons. The molecule has 3 aromatic rings. The monoisotopic (exact) mass is 573 g/mol. The van der Waals surface area contributed by atoms with Gasteiger partial charge in [0.1, 0.15) is 12.1 Å². The van der Waals surface area contributed by atoms with E-state index in [9.17, 15) is 22.8 Å². The second-order valence-electron chi connectivity index (χ2n) is 10.7. The molecule has 0 aliphatic carbocycles. The molecular formula is C29H34F3N5O4. The van der Waals surface area contributed by atoms with Crippen LogP contribution in [0.2, 0.25) is 0 Å². The second kappa shape index (κ2) is 12.1. The maximum Gasteiger partial charge on any atom is 0.394 e. The Labute approximate surface area is 236 Å². The van der Waals surface area contributed by atoms with E-state index in [4.69, 9.17) is 9.15 Å². The van der Waals surface area contributed by atoms with E-state index in [2.05, 4.69) is 10.4 Å². The summed E-state index contributed by atoms with van der Waals surface area (Å²) in [7, 11) is 0. The van der Waals surface area contributed by atoms with Crippen LogP contribution in [0.3, 0.4) is 0 Å². The third-order valence-electron chi connectivity index (χ3n) is 7.94. The first-order valence-corrected chi connectivity index (χ1v) is 13.7. The number of nitrogens with zero attached hydrogens (tertiary/aromatic N) is 4. The van der Waals surface area contributed by atoms with Gasteiger partial charge >= 0.3 is 6.18 Å².